The van der Waals surface area contributed by atoms with Gasteiger partial charge in [-0.25, -0.2) is 18.7 Å². The fourth-order valence-corrected chi connectivity index (χ4v) is 4.82. The second-order valence-electron chi connectivity index (χ2n) is 8.43. The number of aromatic nitrogens is 2. The minimum Gasteiger partial charge on any atom is -0.462 e. The molecule has 38 heavy (non-hydrogen) atoms. The third-order valence-corrected chi connectivity index (χ3v) is 6.44. The molecule has 206 valence electrons. The molecule has 0 aliphatic carbocycles. The molecule has 13 heteroatoms. The highest BCUT2D eigenvalue weighted by molar-refractivity contribution is 7.45. The fraction of sp³-hybridized carbons (Fsp3) is 0.400. The molecule has 3 aromatic rings. The summed E-state index contributed by atoms with van der Waals surface area (Å²) in [6, 6.07) is 15.2. The maximum Gasteiger partial charge on any atom is 0.351 e. The molecule has 1 aliphatic rings. The van der Waals surface area contributed by atoms with Gasteiger partial charge in [-0.1, -0.05) is 36.4 Å². The van der Waals surface area contributed by atoms with Gasteiger partial charge in [-0.3, -0.25) is 9.36 Å². The molecule has 0 saturated carbocycles. The Morgan fingerprint density at radius 1 is 1.21 bits per heavy atom. The average molecular weight is 553 g/mol. The molecule has 0 spiro atoms. The van der Waals surface area contributed by atoms with Crippen LogP contribution in [0, 0.1) is 0 Å². The molecule has 2 heterocycles. The van der Waals surface area contributed by atoms with Crippen LogP contribution in [-0.2, 0) is 18.8 Å². The number of fused-ring (bicyclic) bond motifs is 1. The Bertz CT molecular complexity index is 1240. The van der Waals surface area contributed by atoms with Crippen molar-refractivity contribution in [2.24, 2.45) is 0 Å². The van der Waals surface area contributed by atoms with E-state index in [1.54, 1.807) is 26.1 Å². The third-order valence-electron chi connectivity index (χ3n) is 5.28. The monoisotopic (exact) mass is 552 g/mol. The van der Waals surface area contributed by atoms with Crippen molar-refractivity contribution in [2.75, 3.05) is 25.8 Å². The number of carbonyl (C=O) groups excluding carboxylic acids is 1. The van der Waals surface area contributed by atoms with Crippen molar-refractivity contribution in [2.45, 2.75) is 45.1 Å². The molecule has 1 aromatic heterocycles. The van der Waals surface area contributed by atoms with Gasteiger partial charge in [0.1, 0.15) is 24.3 Å². The molecule has 0 bridgehead atoms. The zero-order chi connectivity index (χ0) is 27.5. The van der Waals surface area contributed by atoms with E-state index in [1.807, 2.05) is 42.5 Å². The number of benzene rings is 2. The van der Waals surface area contributed by atoms with Crippen molar-refractivity contribution < 1.29 is 32.1 Å². The van der Waals surface area contributed by atoms with E-state index in [2.05, 4.69) is 10.1 Å². The number of anilines is 1. The van der Waals surface area contributed by atoms with Crippen LogP contribution in [0.25, 0.3) is 10.8 Å². The molecule has 3 unspecified atom stereocenters. The largest absolute Gasteiger partial charge is 0.462 e. The molecule has 1 saturated heterocycles. The van der Waals surface area contributed by atoms with Crippen LogP contribution in [0.3, 0.4) is 0 Å². The van der Waals surface area contributed by atoms with Crippen LogP contribution < -0.4 is 21.0 Å². The van der Waals surface area contributed by atoms with Crippen LogP contribution in [-0.4, -0.2) is 47.8 Å². The van der Waals surface area contributed by atoms with Gasteiger partial charge in [0, 0.05) is 11.6 Å². The van der Waals surface area contributed by atoms with Gasteiger partial charge in [0.2, 0.25) is 6.93 Å². The van der Waals surface area contributed by atoms with Gasteiger partial charge in [0.05, 0.1) is 18.8 Å². The summed E-state index contributed by atoms with van der Waals surface area (Å²) in [7, 11) is -1.69. The van der Waals surface area contributed by atoms with E-state index >= 15 is 0 Å². The first-order valence-electron chi connectivity index (χ1n) is 11.9. The molecular formula is C25H31F2N4O6P. The van der Waals surface area contributed by atoms with Crippen LogP contribution in [0.4, 0.5) is 14.6 Å². The standard InChI is InChI=1S/C24H29N4O6P.CH2F2/c1-16(2)32-23(29)14-26-35(34-20-9-5-7-17-6-3-4-8-19(17)20)31-15-18-10-11-22(33-18)28-13-12-21(25)27-24(28)30;2-1-3/h3-9,12-13,16,18,22,26H,10-11,14-15H2,1-2H3,(H2,25,27,30);1H2. The van der Waals surface area contributed by atoms with E-state index in [9.17, 15) is 18.4 Å². The zero-order valence-corrected chi connectivity index (χ0v) is 22.0. The lowest BCUT2D eigenvalue weighted by Crippen LogP contribution is -2.28. The lowest BCUT2D eigenvalue weighted by atomic mass is 10.1. The Labute approximate surface area is 220 Å². The molecule has 10 nitrogen and oxygen atoms in total. The topological polar surface area (TPSA) is 127 Å². The van der Waals surface area contributed by atoms with Crippen LogP contribution in [0.1, 0.15) is 32.9 Å². The van der Waals surface area contributed by atoms with Crippen molar-refractivity contribution in [1.29, 1.82) is 0 Å². The predicted molar refractivity (Wildman–Crippen MR) is 140 cm³/mol. The summed E-state index contributed by atoms with van der Waals surface area (Å²) in [5, 5.41) is 5.00. The number of rotatable bonds is 10. The molecule has 0 radical (unpaired) electrons. The van der Waals surface area contributed by atoms with Gasteiger partial charge >= 0.3 is 20.2 Å². The Balaban J connectivity index is 0.00000127. The lowest BCUT2D eigenvalue weighted by molar-refractivity contribution is -0.145. The van der Waals surface area contributed by atoms with Crippen molar-refractivity contribution in [1.82, 2.24) is 14.6 Å². The highest BCUT2D eigenvalue weighted by atomic mass is 31.2. The van der Waals surface area contributed by atoms with Crippen LogP contribution in [0.5, 0.6) is 5.75 Å². The molecule has 4 rings (SSSR count). The van der Waals surface area contributed by atoms with Crippen molar-refractivity contribution in [3.8, 4) is 5.75 Å². The second-order valence-corrected chi connectivity index (χ2v) is 9.70. The Morgan fingerprint density at radius 3 is 2.68 bits per heavy atom. The first-order chi connectivity index (χ1) is 18.3. The number of carbonyl (C=O) groups is 1. The maximum atomic E-state index is 12.1. The summed E-state index contributed by atoms with van der Waals surface area (Å²) >= 11 is 0. The Kier molecular flexibility index (Phi) is 11.3. The summed E-state index contributed by atoms with van der Waals surface area (Å²) in [6.07, 6.45) is 1.99. The summed E-state index contributed by atoms with van der Waals surface area (Å²) in [5.74, 6) is 0.413. The number of alkyl halides is 2. The van der Waals surface area contributed by atoms with Gasteiger partial charge in [-0.05, 0) is 44.2 Å². The summed E-state index contributed by atoms with van der Waals surface area (Å²) < 4.78 is 44.1. The first-order valence-corrected chi connectivity index (χ1v) is 13.1. The summed E-state index contributed by atoms with van der Waals surface area (Å²) in [5.41, 5.74) is 5.12. The van der Waals surface area contributed by atoms with Crippen molar-refractivity contribution >= 4 is 31.1 Å². The minimum absolute atomic E-state index is 0.0602. The van der Waals surface area contributed by atoms with Crippen molar-refractivity contribution in [3.05, 3.63) is 65.2 Å². The van der Waals surface area contributed by atoms with E-state index in [0.29, 0.717) is 18.6 Å². The molecule has 3 atom stereocenters. The number of halogens is 2. The number of hydrogen-bond acceptors (Lipinski definition) is 9. The lowest BCUT2D eigenvalue weighted by Gasteiger charge is -2.21. The van der Waals surface area contributed by atoms with Gasteiger partial charge in [-0.15, -0.1) is 0 Å². The molecule has 1 aliphatic heterocycles. The van der Waals surface area contributed by atoms with Crippen molar-refractivity contribution in [3.63, 3.8) is 0 Å². The number of nitrogen functional groups attached to an aromatic ring is 1. The van der Waals surface area contributed by atoms with E-state index < -0.39 is 33.3 Å². The van der Waals surface area contributed by atoms with Gasteiger partial charge in [0.15, 0.2) is 0 Å². The quantitative estimate of drug-likeness (QED) is 0.278. The molecule has 0 amide bonds. The summed E-state index contributed by atoms with van der Waals surface area (Å²) in [6.45, 7) is 1.99. The summed E-state index contributed by atoms with van der Waals surface area (Å²) in [4.78, 5) is 28.0. The van der Waals surface area contributed by atoms with E-state index in [1.165, 1.54) is 4.57 Å². The van der Waals surface area contributed by atoms with Crippen LogP contribution in [0.2, 0.25) is 0 Å². The Hall–Kier alpha value is -3.18. The average Bonchev–Trinajstić information content (AvgIpc) is 3.34. The number of nitrogens with one attached hydrogen (secondary N) is 1. The van der Waals surface area contributed by atoms with Crippen LogP contribution in [0.15, 0.2) is 59.5 Å². The number of esters is 1. The molecule has 2 aromatic carbocycles. The SMILES string of the molecule is CC(C)OC(=O)CNP(OCC1CCC(n2ccc(N)nc2=O)O1)Oc1cccc2ccccc12.FCF. The smallest absolute Gasteiger partial charge is 0.351 e. The minimum atomic E-state index is -1.75. The van der Waals surface area contributed by atoms with E-state index in [0.717, 1.165) is 10.8 Å². The second kappa shape index (κ2) is 14.7. The number of hydrogen-bond donors (Lipinski definition) is 2. The molecular weight excluding hydrogens is 521 g/mol. The number of nitrogens with zero attached hydrogens (tertiary/aromatic N) is 2. The van der Waals surface area contributed by atoms with E-state index in [-0.39, 0.29) is 31.2 Å². The van der Waals surface area contributed by atoms with Gasteiger partial charge < -0.3 is 24.3 Å². The zero-order valence-electron chi connectivity index (χ0n) is 21.1. The molecule has 3 N–H and O–H groups in total. The predicted octanol–water partition coefficient (Wildman–Crippen LogP) is 4.40. The maximum absolute atomic E-state index is 12.1. The first kappa shape index (κ1) is 29.4. The highest BCUT2D eigenvalue weighted by Gasteiger charge is 2.29. The van der Waals surface area contributed by atoms with Crippen LogP contribution >= 0.6 is 8.53 Å². The Morgan fingerprint density at radius 2 is 1.95 bits per heavy atom. The third kappa shape index (κ3) is 8.70. The number of ether oxygens (including phenoxy) is 2. The molecule has 1 fully saturated rings. The number of nitrogens with two attached hydrogens (primary N) is 1. The van der Waals surface area contributed by atoms with Gasteiger partial charge in [0.25, 0.3) is 0 Å². The van der Waals surface area contributed by atoms with E-state index in [4.69, 9.17) is 24.3 Å². The normalized spacial score (nSPS) is 17.6. The van der Waals surface area contributed by atoms with Gasteiger partial charge in [-0.2, -0.15) is 4.98 Å². The highest BCUT2D eigenvalue weighted by Crippen LogP contribution is 2.40. The fourth-order valence-electron chi connectivity index (χ4n) is 3.71.